The van der Waals surface area contributed by atoms with Gasteiger partial charge in [0.2, 0.25) is 0 Å². The van der Waals surface area contributed by atoms with E-state index in [0.29, 0.717) is 50.9 Å². The number of para-hydroxylation sites is 4. The van der Waals surface area contributed by atoms with Gasteiger partial charge in [-0.25, -0.2) is 15.0 Å². The van der Waals surface area contributed by atoms with E-state index in [1.54, 1.807) is 0 Å². The number of benzene rings is 12. The van der Waals surface area contributed by atoms with Crippen LogP contribution in [0.4, 0.5) is 0 Å². The molecule has 0 fully saturated rings. The summed E-state index contributed by atoms with van der Waals surface area (Å²) in [5.74, 6) is 1.15. The molecule has 17 aromatic rings. The third-order valence-electron chi connectivity index (χ3n) is 17.2. The zero-order chi connectivity index (χ0) is 58.6. The van der Waals surface area contributed by atoms with E-state index >= 15 is 0 Å². The lowest BCUT2D eigenvalue weighted by Crippen LogP contribution is -2.06. The van der Waals surface area contributed by atoms with Gasteiger partial charge in [0, 0.05) is 49.0 Å². The Bertz CT molecular complexity index is 5650. The van der Waals surface area contributed by atoms with Crippen LogP contribution >= 0.6 is 0 Å². The zero-order valence-electron chi connectivity index (χ0n) is 46.6. The second-order valence-corrected chi connectivity index (χ2v) is 21.9. The number of aromatic nitrogens is 5. The maximum atomic E-state index is 10.6. The normalized spacial score (nSPS) is 11.6. The Hall–Kier alpha value is -12.7. The Kier molecular flexibility index (Phi) is 11.2. The lowest BCUT2D eigenvalue weighted by Gasteiger charge is -2.18. The predicted octanol–water partition coefficient (Wildman–Crippen LogP) is 19.5. The van der Waals surface area contributed by atoms with Crippen LogP contribution in [0.5, 0.6) is 0 Å². The summed E-state index contributed by atoms with van der Waals surface area (Å²) < 4.78 is 18.1. The predicted molar refractivity (Wildman–Crippen MR) is 350 cm³/mol. The summed E-state index contributed by atoms with van der Waals surface area (Å²) in [6, 6.07) is 92.2. The highest BCUT2D eigenvalue weighted by Gasteiger charge is 2.27. The van der Waals surface area contributed by atoms with Gasteiger partial charge in [0.05, 0.1) is 79.1 Å². The topological polar surface area (TPSA) is 146 Å². The third kappa shape index (κ3) is 7.62. The Morgan fingerprint density at radius 3 is 1.14 bits per heavy atom. The molecule has 0 aliphatic heterocycles. The minimum atomic E-state index is 0.379. The summed E-state index contributed by atoms with van der Waals surface area (Å²) in [4.78, 5) is 16.7. The molecule has 0 amide bonds. The van der Waals surface area contributed by atoms with Crippen molar-refractivity contribution < 1.29 is 8.83 Å². The van der Waals surface area contributed by atoms with E-state index in [2.05, 4.69) is 124 Å². The van der Waals surface area contributed by atoms with E-state index < -0.39 is 0 Å². The summed E-state index contributed by atoms with van der Waals surface area (Å²) in [6.45, 7) is 0. The van der Waals surface area contributed by atoms with Gasteiger partial charge in [-0.1, -0.05) is 158 Å². The molecule has 10 nitrogen and oxygen atoms in total. The maximum Gasteiger partial charge on any atom is 0.166 e. The number of nitriles is 3. The van der Waals surface area contributed by atoms with Crippen molar-refractivity contribution in [3.8, 4) is 97.1 Å². The van der Waals surface area contributed by atoms with Crippen LogP contribution in [0.25, 0.3) is 166 Å². The molecule has 0 saturated heterocycles. The van der Waals surface area contributed by atoms with Gasteiger partial charge in [-0.15, -0.1) is 0 Å². The molecule has 0 aliphatic rings. The molecule has 0 unspecified atom stereocenters. The minimum absolute atomic E-state index is 0.379. The first-order valence-corrected chi connectivity index (χ1v) is 28.8. The molecular weight excluding hydrogens is 1080 g/mol. The number of fused-ring (bicyclic) bond motifs is 14. The van der Waals surface area contributed by atoms with Crippen molar-refractivity contribution >= 4 is 87.5 Å². The molecule has 5 heterocycles. The van der Waals surface area contributed by atoms with Gasteiger partial charge in [-0.3, -0.25) is 0 Å². The maximum absolute atomic E-state index is 10.6. The third-order valence-corrected chi connectivity index (χ3v) is 17.2. The molecule has 0 N–H and O–H groups in total. The van der Waals surface area contributed by atoms with Gasteiger partial charge >= 0.3 is 0 Å². The highest BCUT2D eigenvalue weighted by Crippen LogP contribution is 2.46. The number of nitrogens with zero attached hydrogens (tertiary/aromatic N) is 8. The van der Waals surface area contributed by atoms with Gasteiger partial charge in [0.1, 0.15) is 22.3 Å². The number of hydrogen-bond acceptors (Lipinski definition) is 8. The largest absolute Gasteiger partial charge is 0.455 e. The van der Waals surface area contributed by atoms with Gasteiger partial charge in [-0.2, -0.15) is 15.8 Å². The van der Waals surface area contributed by atoms with E-state index in [1.165, 1.54) is 0 Å². The van der Waals surface area contributed by atoms with Crippen LogP contribution < -0.4 is 0 Å². The highest BCUT2D eigenvalue weighted by molar-refractivity contribution is 6.25. The molecule has 0 radical (unpaired) electrons. The molecular formula is C78H42N8O2. The van der Waals surface area contributed by atoms with Crippen molar-refractivity contribution in [1.82, 2.24) is 24.1 Å². The average molecular weight is 1120 g/mol. The van der Waals surface area contributed by atoms with Gasteiger partial charge in [-0.05, 0) is 130 Å². The monoisotopic (exact) mass is 1120 g/mol. The first kappa shape index (κ1) is 49.9. The first-order valence-electron chi connectivity index (χ1n) is 28.8. The Morgan fingerprint density at radius 1 is 0.284 bits per heavy atom. The number of rotatable bonds is 8. The summed E-state index contributed by atoms with van der Waals surface area (Å²) in [5.41, 5.74) is 16.8. The second-order valence-electron chi connectivity index (χ2n) is 21.9. The molecule has 5 aromatic heterocycles. The molecule has 0 aliphatic carbocycles. The van der Waals surface area contributed by atoms with E-state index in [0.717, 1.165) is 132 Å². The molecule has 406 valence electrons. The quantitative estimate of drug-likeness (QED) is 0.146. The van der Waals surface area contributed by atoms with Crippen LogP contribution in [0.3, 0.4) is 0 Å². The first-order chi connectivity index (χ1) is 43.5. The van der Waals surface area contributed by atoms with Crippen LogP contribution in [0.2, 0.25) is 0 Å². The van der Waals surface area contributed by atoms with Gasteiger partial charge < -0.3 is 18.0 Å². The summed E-state index contributed by atoms with van der Waals surface area (Å²) in [7, 11) is 0. The van der Waals surface area contributed by atoms with Crippen molar-refractivity contribution in [1.29, 1.82) is 15.8 Å². The summed E-state index contributed by atoms with van der Waals surface area (Å²) >= 11 is 0. The van der Waals surface area contributed by atoms with Crippen LogP contribution in [-0.2, 0) is 0 Å². The van der Waals surface area contributed by atoms with E-state index in [-0.39, 0.29) is 0 Å². The summed E-state index contributed by atoms with van der Waals surface area (Å²) in [5, 5.41) is 39.5. The highest BCUT2D eigenvalue weighted by atomic mass is 16.3. The van der Waals surface area contributed by atoms with Gasteiger partial charge in [0.25, 0.3) is 0 Å². The average Bonchev–Trinajstić information content (AvgIpc) is 2.19. The van der Waals surface area contributed by atoms with Crippen molar-refractivity contribution in [3.63, 3.8) is 0 Å². The van der Waals surface area contributed by atoms with E-state index in [9.17, 15) is 15.8 Å². The van der Waals surface area contributed by atoms with Crippen LogP contribution in [0.15, 0.2) is 264 Å². The molecule has 0 saturated carbocycles. The minimum Gasteiger partial charge on any atom is -0.455 e. The van der Waals surface area contributed by atoms with E-state index in [4.69, 9.17) is 23.8 Å². The summed E-state index contributed by atoms with van der Waals surface area (Å²) in [6.07, 6.45) is 0. The van der Waals surface area contributed by atoms with Crippen LogP contribution in [-0.4, -0.2) is 24.1 Å². The number of furan rings is 2. The fourth-order valence-corrected chi connectivity index (χ4v) is 13.2. The Morgan fingerprint density at radius 2 is 0.670 bits per heavy atom. The SMILES string of the molecule is N#Cc1ccccc1-c1cccc(-c2nc(-c3ccc(-c4ccccc4C#N)cc3-n3c4ccccc4c4c5oc6ccccc6c5ccc43)nc(-c3ccc(-c4ccccc4C#N)cc3-n3c4ccccc4c4c5oc6ccccc6c5ccc43)n2)c1. The van der Waals surface area contributed by atoms with Crippen molar-refractivity contribution in [2.75, 3.05) is 0 Å². The smallest absolute Gasteiger partial charge is 0.166 e. The van der Waals surface area contributed by atoms with E-state index in [1.807, 2.05) is 158 Å². The Labute approximate surface area is 502 Å². The van der Waals surface area contributed by atoms with Crippen LogP contribution in [0, 0.1) is 34.0 Å². The Balaban J connectivity index is 0.985. The molecule has 0 atom stereocenters. The molecule has 88 heavy (non-hydrogen) atoms. The second kappa shape index (κ2) is 19.7. The van der Waals surface area contributed by atoms with Crippen molar-refractivity contribution in [2.24, 2.45) is 0 Å². The number of hydrogen-bond donors (Lipinski definition) is 0. The van der Waals surface area contributed by atoms with Gasteiger partial charge in [0.15, 0.2) is 17.5 Å². The lowest BCUT2D eigenvalue weighted by molar-refractivity contribution is 0.672. The van der Waals surface area contributed by atoms with Crippen LogP contribution in [0.1, 0.15) is 16.7 Å². The molecule has 12 aromatic carbocycles. The fourth-order valence-electron chi connectivity index (χ4n) is 13.2. The van der Waals surface area contributed by atoms with Crippen molar-refractivity contribution in [2.45, 2.75) is 0 Å². The molecule has 0 bridgehead atoms. The lowest BCUT2D eigenvalue weighted by atomic mass is 9.97. The molecule has 0 spiro atoms. The van der Waals surface area contributed by atoms with Crippen molar-refractivity contribution in [3.05, 3.63) is 271 Å². The molecule has 10 heteroatoms. The fraction of sp³-hybridized carbons (Fsp3) is 0. The standard InChI is InChI=1S/C78H42N8O2/c79-43-50-16-1-4-21-53(50)46-19-15-20-49(40-46)76-82-77(62-34-32-47(54-22-5-2-17-51(54)44-80)41-68(62)85-64-28-11-7-26-60(64)72-66(85)38-36-58-56-24-9-13-30-70(56)87-74(58)72)84-78(83-76)63-35-33-48(55-23-6-3-18-52(55)45-81)42-69(63)86-65-29-12-8-27-61(65)73-67(86)39-37-59-57-25-10-14-31-71(57)88-75(59)73/h1-42H. The molecule has 17 rings (SSSR count). The zero-order valence-corrected chi connectivity index (χ0v) is 46.6.